The number of primary amides is 1. The van der Waals surface area contributed by atoms with Gasteiger partial charge in [0, 0.05) is 18.8 Å². The zero-order valence-corrected chi connectivity index (χ0v) is 10.8. The van der Waals surface area contributed by atoms with Crippen molar-refractivity contribution in [1.82, 2.24) is 15.1 Å². The number of hydrogen-bond acceptors (Lipinski definition) is 4. The maximum atomic E-state index is 12.0. The van der Waals surface area contributed by atoms with Gasteiger partial charge in [0.05, 0.1) is 6.20 Å². The van der Waals surface area contributed by atoms with Gasteiger partial charge in [-0.15, -0.1) is 0 Å². The van der Waals surface area contributed by atoms with E-state index < -0.39 is 23.4 Å². The summed E-state index contributed by atoms with van der Waals surface area (Å²) in [6, 6.07) is -0.871. The highest BCUT2D eigenvalue weighted by atomic mass is 16.2. The molecule has 18 heavy (non-hydrogen) atoms. The van der Waals surface area contributed by atoms with Gasteiger partial charge >= 0.3 is 0 Å². The molecule has 0 radical (unpaired) electrons. The van der Waals surface area contributed by atoms with E-state index in [1.54, 1.807) is 31.8 Å². The van der Waals surface area contributed by atoms with Crippen molar-refractivity contribution in [2.75, 3.05) is 0 Å². The molecule has 0 aromatic carbocycles. The lowest BCUT2D eigenvalue weighted by atomic mass is 9.97. The molecule has 0 spiro atoms. The number of nitrogens with one attached hydrogen (secondary N) is 1. The predicted octanol–water partition coefficient (Wildman–Crippen LogP) is -0.810. The first-order valence-corrected chi connectivity index (χ1v) is 5.66. The summed E-state index contributed by atoms with van der Waals surface area (Å²) in [7, 11) is 1.73. The van der Waals surface area contributed by atoms with Gasteiger partial charge in [-0.3, -0.25) is 14.3 Å². The van der Waals surface area contributed by atoms with Gasteiger partial charge in [0.1, 0.15) is 11.6 Å². The quantitative estimate of drug-likeness (QED) is 0.636. The van der Waals surface area contributed by atoms with Gasteiger partial charge < -0.3 is 16.8 Å². The molecular formula is C11H19N5O2. The van der Waals surface area contributed by atoms with Crippen molar-refractivity contribution in [2.24, 2.45) is 18.5 Å². The van der Waals surface area contributed by atoms with Crippen LogP contribution in [0.3, 0.4) is 0 Å². The van der Waals surface area contributed by atoms with Crippen LogP contribution in [0.15, 0.2) is 12.4 Å². The predicted molar refractivity (Wildman–Crippen MR) is 66.2 cm³/mol. The molecule has 1 aromatic heterocycles. The average molecular weight is 253 g/mol. The number of aryl methyl sites for hydroxylation is 1. The fraction of sp³-hybridized carbons (Fsp3) is 0.545. The highest BCUT2D eigenvalue weighted by Gasteiger charge is 2.32. The highest BCUT2D eigenvalue weighted by molar-refractivity contribution is 5.92. The molecule has 0 saturated heterocycles. The summed E-state index contributed by atoms with van der Waals surface area (Å²) in [6.07, 6.45) is 3.56. The van der Waals surface area contributed by atoms with Gasteiger partial charge in [-0.25, -0.2) is 0 Å². The minimum absolute atomic E-state index is 0.397. The molecular weight excluding hydrogens is 234 g/mol. The number of carbonyl (C=O) groups excluding carboxylic acids is 2. The van der Waals surface area contributed by atoms with E-state index in [1.807, 2.05) is 0 Å². The lowest BCUT2D eigenvalue weighted by molar-refractivity contribution is -0.131. The summed E-state index contributed by atoms with van der Waals surface area (Å²) >= 11 is 0. The Morgan fingerprint density at radius 1 is 1.61 bits per heavy atom. The van der Waals surface area contributed by atoms with E-state index >= 15 is 0 Å². The van der Waals surface area contributed by atoms with Crippen LogP contribution < -0.4 is 16.8 Å². The van der Waals surface area contributed by atoms with E-state index in [1.165, 1.54) is 6.20 Å². The first-order valence-electron chi connectivity index (χ1n) is 5.66. The molecule has 5 N–H and O–H groups in total. The Hall–Kier alpha value is -1.89. The molecule has 1 heterocycles. The minimum Gasteiger partial charge on any atom is -0.368 e. The van der Waals surface area contributed by atoms with Crippen LogP contribution in [-0.2, 0) is 16.6 Å². The van der Waals surface area contributed by atoms with E-state index in [0.717, 1.165) is 0 Å². The molecule has 7 heteroatoms. The number of amides is 2. The third-order valence-corrected chi connectivity index (χ3v) is 3.02. The second-order valence-corrected chi connectivity index (χ2v) is 4.46. The molecule has 100 valence electrons. The third kappa shape index (κ3) is 2.86. The standard InChI is InChI=1S/C11H19N5O2/c1-4-11(2,10(13)18)15-9(17)8(12)7-5-14-16(3)6-7/h5-6,8H,4,12H2,1-3H3,(H2,13,18)(H,15,17). The maximum absolute atomic E-state index is 12.0. The monoisotopic (exact) mass is 253 g/mol. The summed E-state index contributed by atoms with van der Waals surface area (Å²) in [4.78, 5) is 23.3. The Kier molecular flexibility index (Phi) is 4.07. The van der Waals surface area contributed by atoms with Crippen LogP contribution in [0.4, 0.5) is 0 Å². The molecule has 2 atom stereocenters. The number of nitrogens with zero attached hydrogens (tertiary/aromatic N) is 2. The topological polar surface area (TPSA) is 116 Å². The Morgan fingerprint density at radius 3 is 2.61 bits per heavy atom. The van der Waals surface area contributed by atoms with Crippen LogP contribution in [0, 0.1) is 0 Å². The van der Waals surface area contributed by atoms with E-state index in [2.05, 4.69) is 10.4 Å². The van der Waals surface area contributed by atoms with Crippen molar-refractivity contribution in [1.29, 1.82) is 0 Å². The van der Waals surface area contributed by atoms with Crippen LogP contribution in [0.5, 0.6) is 0 Å². The lowest BCUT2D eigenvalue weighted by Crippen LogP contribution is -2.56. The van der Waals surface area contributed by atoms with Gasteiger partial charge in [-0.05, 0) is 13.3 Å². The van der Waals surface area contributed by atoms with Crippen molar-refractivity contribution in [3.63, 3.8) is 0 Å². The highest BCUT2D eigenvalue weighted by Crippen LogP contribution is 2.13. The van der Waals surface area contributed by atoms with Gasteiger partial charge in [-0.1, -0.05) is 6.92 Å². The second-order valence-electron chi connectivity index (χ2n) is 4.46. The largest absolute Gasteiger partial charge is 0.368 e. The van der Waals surface area contributed by atoms with Gasteiger partial charge in [0.15, 0.2) is 0 Å². The molecule has 0 aliphatic rings. The molecule has 1 rings (SSSR count). The number of rotatable bonds is 5. The summed E-state index contributed by atoms with van der Waals surface area (Å²) in [5.74, 6) is -1.04. The lowest BCUT2D eigenvalue weighted by Gasteiger charge is -2.27. The zero-order valence-electron chi connectivity index (χ0n) is 10.8. The van der Waals surface area contributed by atoms with Crippen LogP contribution in [0.1, 0.15) is 31.9 Å². The summed E-state index contributed by atoms with van der Waals surface area (Å²) in [6.45, 7) is 3.34. The number of aromatic nitrogens is 2. The smallest absolute Gasteiger partial charge is 0.242 e. The Balaban J connectivity index is 2.79. The van der Waals surface area contributed by atoms with E-state index in [4.69, 9.17) is 11.5 Å². The van der Waals surface area contributed by atoms with Crippen LogP contribution in [-0.4, -0.2) is 27.1 Å². The number of hydrogen-bond donors (Lipinski definition) is 3. The van der Waals surface area contributed by atoms with Gasteiger partial charge in [0.25, 0.3) is 0 Å². The first-order chi connectivity index (χ1) is 8.30. The molecule has 0 bridgehead atoms. The van der Waals surface area contributed by atoms with Crippen LogP contribution >= 0.6 is 0 Å². The van der Waals surface area contributed by atoms with Crippen molar-refractivity contribution >= 4 is 11.8 Å². The molecule has 0 aliphatic heterocycles. The minimum atomic E-state index is -1.09. The van der Waals surface area contributed by atoms with E-state index in [9.17, 15) is 9.59 Å². The fourth-order valence-corrected chi connectivity index (χ4v) is 1.43. The molecule has 1 aromatic rings. The van der Waals surface area contributed by atoms with Crippen molar-refractivity contribution < 1.29 is 9.59 Å². The van der Waals surface area contributed by atoms with Crippen LogP contribution in [0.25, 0.3) is 0 Å². The molecule has 7 nitrogen and oxygen atoms in total. The Labute approximate surface area is 106 Å². The SMILES string of the molecule is CCC(C)(NC(=O)C(N)c1cnn(C)c1)C(N)=O. The summed E-state index contributed by atoms with van der Waals surface area (Å²) < 4.78 is 1.55. The molecule has 2 amide bonds. The number of carbonyl (C=O) groups is 2. The zero-order chi connectivity index (χ0) is 13.9. The van der Waals surface area contributed by atoms with E-state index in [0.29, 0.717) is 12.0 Å². The van der Waals surface area contributed by atoms with Crippen molar-refractivity contribution in [3.05, 3.63) is 18.0 Å². The normalized spacial score (nSPS) is 15.8. The van der Waals surface area contributed by atoms with Crippen molar-refractivity contribution in [3.8, 4) is 0 Å². The Bertz CT molecular complexity index is 456. The molecule has 0 fully saturated rings. The van der Waals surface area contributed by atoms with Crippen molar-refractivity contribution in [2.45, 2.75) is 31.8 Å². The summed E-state index contributed by atoms with van der Waals surface area (Å²) in [5.41, 5.74) is 10.6. The van der Waals surface area contributed by atoms with Crippen LogP contribution in [0.2, 0.25) is 0 Å². The third-order valence-electron chi connectivity index (χ3n) is 3.02. The van der Waals surface area contributed by atoms with Gasteiger partial charge in [0.2, 0.25) is 11.8 Å². The maximum Gasteiger partial charge on any atom is 0.242 e. The Morgan fingerprint density at radius 2 is 2.22 bits per heavy atom. The number of nitrogens with two attached hydrogens (primary N) is 2. The van der Waals surface area contributed by atoms with Gasteiger partial charge in [-0.2, -0.15) is 5.10 Å². The molecule has 2 unspecified atom stereocenters. The van der Waals surface area contributed by atoms with E-state index in [-0.39, 0.29) is 0 Å². The molecule has 0 aliphatic carbocycles. The fourth-order valence-electron chi connectivity index (χ4n) is 1.43. The summed E-state index contributed by atoms with van der Waals surface area (Å²) in [5, 5.41) is 6.51. The average Bonchev–Trinajstić information content (AvgIpc) is 2.74. The molecule has 0 saturated carbocycles. The second kappa shape index (κ2) is 5.18. The first kappa shape index (κ1) is 14.2.